The van der Waals surface area contributed by atoms with Gasteiger partial charge in [-0.2, -0.15) is 0 Å². The van der Waals surface area contributed by atoms with Gasteiger partial charge in [-0.25, -0.2) is 15.0 Å². The van der Waals surface area contributed by atoms with Gasteiger partial charge in [0.2, 0.25) is 0 Å². The van der Waals surface area contributed by atoms with E-state index < -0.39 is 0 Å². The molecular formula is C130H103N5O2S4. The van der Waals surface area contributed by atoms with Crippen molar-refractivity contribution in [3.05, 3.63) is 510 Å². The fourth-order valence-corrected chi connectivity index (χ4v) is 22.4. The van der Waals surface area contributed by atoms with Crippen molar-refractivity contribution in [2.45, 2.75) is 62.3 Å². The lowest BCUT2D eigenvalue weighted by Gasteiger charge is -2.08. The summed E-state index contributed by atoms with van der Waals surface area (Å²) in [5, 5.41) is 11.4. The zero-order chi connectivity index (χ0) is 96.2. The van der Waals surface area contributed by atoms with Gasteiger partial charge in [-0.05, 0) is 228 Å². The molecule has 0 spiro atoms. The Bertz CT molecular complexity index is 8810. The van der Waals surface area contributed by atoms with Crippen molar-refractivity contribution in [3.63, 3.8) is 0 Å². The Hall–Kier alpha value is -16.3. The number of benzene rings is 19. The van der Waals surface area contributed by atoms with Crippen LogP contribution in [0.2, 0.25) is 0 Å². The normalized spacial score (nSPS) is 11.0. The van der Waals surface area contributed by atoms with Crippen LogP contribution >= 0.6 is 45.3 Å². The fraction of sp³-hybridized carbons (Fsp3) is 0.0692. The van der Waals surface area contributed by atoms with Crippen LogP contribution in [0.4, 0.5) is 0 Å². The highest BCUT2D eigenvalue weighted by Gasteiger charge is 2.18. The monoisotopic (exact) mass is 1890 g/mol. The first kappa shape index (κ1) is 92.5. The summed E-state index contributed by atoms with van der Waals surface area (Å²) >= 11 is 7.37. The number of thiazole rings is 1. The number of hydrogen-bond donors (Lipinski definition) is 0. The van der Waals surface area contributed by atoms with E-state index in [1.54, 1.807) is 11.3 Å². The van der Waals surface area contributed by atoms with Gasteiger partial charge in [-0.3, -0.25) is 9.13 Å². The Morgan fingerprint density at radius 3 is 1.08 bits per heavy atom. The van der Waals surface area contributed by atoms with E-state index in [1.165, 1.54) is 154 Å². The minimum atomic E-state index is 0.946. The molecule has 0 aliphatic rings. The van der Waals surface area contributed by atoms with Crippen molar-refractivity contribution in [1.29, 1.82) is 0 Å². The topological polar surface area (TPSA) is 74.8 Å². The second-order valence-corrected chi connectivity index (χ2v) is 39.9. The molecule has 0 unspecified atom stereocenters. The summed E-state index contributed by atoms with van der Waals surface area (Å²) in [4.78, 5) is 16.2. The Morgan fingerprint density at radius 1 is 0.213 bits per heavy atom. The minimum Gasteiger partial charge on any atom is -0.455 e. The fourth-order valence-electron chi connectivity index (χ4n) is 18.2. The number of aryl methyl sites for hydroxylation is 9. The summed E-state index contributed by atoms with van der Waals surface area (Å²) in [6.45, 7) is 18.9. The summed E-state index contributed by atoms with van der Waals surface area (Å²) in [5.41, 5.74) is 31.9. The molecule has 8 heterocycles. The highest BCUT2D eigenvalue weighted by molar-refractivity contribution is 7.26. The maximum absolute atomic E-state index is 6.09. The molecule has 8 aromatic heterocycles. The van der Waals surface area contributed by atoms with Crippen LogP contribution < -0.4 is 0 Å². The zero-order valence-electron chi connectivity index (χ0n) is 80.1. The van der Waals surface area contributed by atoms with Crippen LogP contribution in [0.15, 0.2) is 470 Å². The molecule has 0 N–H and O–H groups in total. The summed E-state index contributed by atoms with van der Waals surface area (Å²) in [5.74, 6) is 2.03. The molecule has 27 aromatic rings. The first-order valence-corrected chi connectivity index (χ1v) is 50.8. The predicted molar refractivity (Wildman–Crippen MR) is 607 cm³/mol. The van der Waals surface area contributed by atoms with Crippen LogP contribution in [-0.4, -0.2) is 24.1 Å². The lowest BCUT2D eigenvalue weighted by atomic mass is 10.0. The molecule has 0 aliphatic heterocycles. The first-order valence-electron chi connectivity index (χ1n) is 47.6. The summed E-state index contributed by atoms with van der Waals surface area (Å²) in [6, 6.07) is 161. The van der Waals surface area contributed by atoms with E-state index in [2.05, 4.69) is 436 Å². The number of rotatable bonds is 8. The van der Waals surface area contributed by atoms with Crippen LogP contribution in [0.25, 0.3) is 194 Å². The van der Waals surface area contributed by atoms with E-state index in [1.807, 2.05) is 146 Å². The number of hydrogen-bond acceptors (Lipinski definition) is 9. The van der Waals surface area contributed by atoms with Crippen molar-refractivity contribution in [1.82, 2.24) is 24.1 Å². The van der Waals surface area contributed by atoms with Gasteiger partial charge in [0.05, 0.1) is 37.3 Å². The molecule has 0 radical (unpaired) electrons. The van der Waals surface area contributed by atoms with E-state index in [-0.39, 0.29) is 0 Å². The molecule has 0 saturated carbocycles. The lowest BCUT2D eigenvalue weighted by molar-refractivity contribution is 0.669. The van der Waals surface area contributed by atoms with Crippen molar-refractivity contribution < 1.29 is 8.83 Å². The van der Waals surface area contributed by atoms with Gasteiger partial charge in [0.15, 0.2) is 0 Å². The van der Waals surface area contributed by atoms with E-state index in [0.29, 0.717) is 0 Å². The Morgan fingerprint density at radius 2 is 0.574 bits per heavy atom. The SMILES string of the molecule is Cc1ccc(-c2cccc3c2oc2ccccc23)cc1.Cc1ccc(-c2cccc3c2sc2ccc(C)cc23)cc1.Cc1ccc(-c2ccccc2)s1.Cc1ccc2oc3c(-c4ccccc4)cccc3c2c1.Cc1ccc2sc3c(-c4ccccc4)cccc3c2c1.Cc1nc2ccccc2n1-c1ccc(-c2ccccc2)cc1.Cc1nc2ccccc2n1-c1ccccc1.Cc1nc2ccccc2s1. The van der Waals surface area contributed by atoms with Crippen molar-refractivity contribution >= 4 is 162 Å². The average Bonchev–Trinajstić information content (AvgIpc) is 1.59. The van der Waals surface area contributed by atoms with Crippen LogP contribution in [-0.2, 0) is 0 Å². The third-order valence-electron chi connectivity index (χ3n) is 25.2. The van der Waals surface area contributed by atoms with Crippen LogP contribution in [0, 0.1) is 62.3 Å². The molecule has 7 nitrogen and oxygen atoms in total. The molecule has 684 valence electrons. The minimum absolute atomic E-state index is 0.946. The number of fused-ring (bicyclic) bond motifs is 15. The van der Waals surface area contributed by atoms with Crippen molar-refractivity contribution in [2.75, 3.05) is 0 Å². The number of thiophene rings is 3. The summed E-state index contributed by atoms with van der Waals surface area (Å²) < 4.78 is 23.3. The molecule has 141 heavy (non-hydrogen) atoms. The maximum atomic E-state index is 6.09. The van der Waals surface area contributed by atoms with Gasteiger partial charge in [-0.15, -0.1) is 45.3 Å². The Labute approximate surface area is 838 Å². The van der Waals surface area contributed by atoms with Crippen LogP contribution in [0.5, 0.6) is 0 Å². The first-order chi connectivity index (χ1) is 69.1. The molecule has 27 rings (SSSR count). The van der Waals surface area contributed by atoms with E-state index >= 15 is 0 Å². The highest BCUT2D eigenvalue weighted by Crippen LogP contribution is 2.44. The quantitative estimate of drug-likeness (QED) is 0.152. The number of furan rings is 2. The molecule has 0 fully saturated rings. The molecule has 0 aliphatic carbocycles. The predicted octanol–water partition coefficient (Wildman–Crippen LogP) is 38.2. The lowest BCUT2D eigenvalue weighted by Crippen LogP contribution is -1.96. The maximum Gasteiger partial charge on any atom is 0.143 e. The number of aromatic nitrogens is 5. The standard InChI is InChI=1S/C20H16N2.C20H16S.2C19H14O.C19H14S.C14H12N2.C11H10S.C8H7NS/c1-15-21-19-9-5-6-10-20(19)22(15)18-13-11-17(12-14-18)16-7-3-2-4-8-16;1-13-6-9-15(10-7-13)16-4-3-5-17-18-12-14(2)8-11-19(18)21-20(16)17;1-13-9-11-14(12-10-13)15-6-4-7-17-16-5-2-3-8-18(16)20-19(15)17;2*1-13-10-11-18-17(12-13)16-9-5-8-15(19(16)20-18)14-6-3-2-4-7-14;1-11-15-13-9-5-6-10-14(13)16(11)12-7-3-2-4-8-12;1-9-7-8-11(12-9)10-5-3-2-4-6-10;1-6-9-7-4-2-3-5-8(7)10-6/h2-14H,1H3;3-12H,1-2H3;3*2-12H,1H3;2-10H,1H3;2-8H,1H3;2-5H,1H3. The number of para-hydroxylation sites is 9. The Kier molecular flexibility index (Phi) is 27.8. The van der Waals surface area contributed by atoms with Gasteiger partial charge in [0.25, 0.3) is 0 Å². The third kappa shape index (κ3) is 20.7. The van der Waals surface area contributed by atoms with E-state index in [9.17, 15) is 0 Å². The Balaban J connectivity index is 0.0000000997. The molecule has 0 saturated heterocycles. The number of nitrogens with zero attached hydrogens (tertiary/aromatic N) is 5. The second kappa shape index (κ2) is 42.4. The largest absolute Gasteiger partial charge is 0.455 e. The highest BCUT2D eigenvalue weighted by atomic mass is 32.1. The molecule has 11 heteroatoms. The van der Waals surface area contributed by atoms with Gasteiger partial charge in [0, 0.05) is 94.1 Å². The van der Waals surface area contributed by atoms with E-state index in [4.69, 9.17) is 8.83 Å². The van der Waals surface area contributed by atoms with Gasteiger partial charge >= 0.3 is 0 Å². The van der Waals surface area contributed by atoms with Gasteiger partial charge in [0.1, 0.15) is 34.0 Å². The van der Waals surface area contributed by atoms with Crippen molar-refractivity contribution in [3.8, 4) is 77.4 Å². The molecular weight excluding hydrogens is 1790 g/mol. The third-order valence-corrected chi connectivity index (χ3v) is 29.6. The average molecular weight is 1900 g/mol. The van der Waals surface area contributed by atoms with Crippen LogP contribution in [0.3, 0.4) is 0 Å². The summed E-state index contributed by atoms with van der Waals surface area (Å²) in [6.07, 6.45) is 0. The number of imidazole rings is 2. The molecule has 0 atom stereocenters. The molecule has 19 aromatic carbocycles. The van der Waals surface area contributed by atoms with Crippen LogP contribution in [0.1, 0.15) is 49.4 Å². The second-order valence-electron chi connectivity index (χ2n) is 35.3. The van der Waals surface area contributed by atoms with Gasteiger partial charge in [-0.1, -0.05) is 374 Å². The smallest absolute Gasteiger partial charge is 0.143 e. The molecule has 0 amide bonds. The zero-order valence-corrected chi connectivity index (χ0v) is 83.3. The van der Waals surface area contributed by atoms with Crippen molar-refractivity contribution in [2.24, 2.45) is 0 Å². The molecule has 0 bridgehead atoms. The summed E-state index contributed by atoms with van der Waals surface area (Å²) in [7, 11) is 0. The van der Waals surface area contributed by atoms with Gasteiger partial charge < -0.3 is 8.83 Å². The van der Waals surface area contributed by atoms with E-state index in [0.717, 1.165) is 89.1 Å².